The number of carboxylic acids is 1. The Morgan fingerprint density at radius 1 is 1.32 bits per heavy atom. The monoisotopic (exact) mass is 306 g/mol. The van der Waals surface area contributed by atoms with Gasteiger partial charge in [-0.1, -0.05) is 18.0 Å². The number of rotatable bonds is 3. The van der Waals surface area contributed by atoms with E-state index in [0.717, 1.165) is 31.2 Å². The average Bonchev–Trinajstić information content (AvgIpc) is 3.02. The third-order valence-corrected chi connectivity index (χ3v) is 5.17. The predicted octanol–water partition coefficient (Wildman–Crippen LogP) is 2.08. The van der Waals surface area contributed by atoms with Crippen LogP contribution in [0.4, 0.5) is 0 Å². The van der Waals surface area contributed by atoms with Crippen molar-refractivity contribution >= 4 is 11.9 Å². The summed E-state index contributed by atoms with van der Waals surface area (Å²) in [7, 11) is 0. The van der Waals surface area contributed by atoms with E-state index >= 15 is 0 Å². The van der Waals surface area contributed by atoms with Gasteiger partial charge in [-0.2, -0.15) is 0 Å². The van der Waals surface area contributed by atoms with Gasteiger partial charge >= 0.3 is 5.97 Å². The maximum Gasteiger partial charge on any atom is 0.326 e. The van der Waals surface area contributed by atoms with Crippen LogP contribution in [-0.2, 0) is 16.0 Å². The molecule has 0 aromatic carbocycles. The summed E-state index contributed by atoms with van der Waals surface area (Å²) in [5, 5.41) is 13.4. The summed E-state index contributed by atoms with van der Waals surface area (Å²) in [4.78, 5) is 26.0. The van der Waals surface area contributed by atoms with Crippen LogP contribution >= 0.6 is 0 Å². The number of hydrogen-bond donors (Lipinski definition) is 1. The first-order valence-electron chi connectivity index (χ1n) is 7.94. The topological polar surface area (TPSA) is 83.6 Å². The smallest absolute Gasteiger partial charge is 0.326 e. The fraction of sp³-hybridized carbons (Fsp3) is 0.688. The van der Waals surface area contributed by atoms with E-state index in [2.05, 4.69) is 5.16 Å². The number of aliphatic carboxylic acids is 1. The molecule has 1 aliphatic heterocycles. The van der Waals surface area contributed by atoms with Gasteiger partial charge in [0, 0.05) is 11.6 Å². The Labute approximate surface area is 129 Å². The molecule has 3 rings (SSSR count). The van der Waals surface area contributed by atoms with Crippen molar-refractivity contribution in [3.05, 3.63) is 17.0 Å². The zero-order chi connectivity index (χ0) is 15.9. The SMILES string of the molecule is Cc1noc(C)c1CC(=O)N1[C@@H]2CCCC[C@@H]2C[C@H]1C(=O)O. The quantitative estimate of drug-likeness (QED) is 0.924. The molecule has 1 saturated carbocycles. The summed E-state index contributed by atoms with van der Waals surface area (Å²) >= 11 is 0. The van der Waals surface area contributed by atoms with E-state index in [1.54, 1.807) is 18.7 Å². The number of fused-ring (bicyclic) bond motifs is 1. The summed E-state index contributed by atoms with van der Waals surface area (Å²) in [5.41, 5.74) is 1.49. The molecule has 1 aromatic rings. The molecular formula is C16H22N2O4. The third-order valence-electron chi connectivity index (χ3n) is 5.17. The van der Waals surface area contributed by atoms with Crippen LogP contribution in [0.3, 0.4) is 0 Å². The first-order valence-corrected chi connectivity index (χ1v) is 7.94. The van der Waals surface area contributed by atoms with Gasteiger partial charge in [-0.05, 0) is 39.0 Å². The van der Waals surface area contributed by atoms with Gasteiger partial charge in [-0.3, -0.25) is 4.79 Å². The van der Waals surface area contributed by atoms with E-state index < -0.39 is 12.0 Å². The Balaban J connectivity index is 1.83. The van der Waals surface area contributed by atoms with Crippen molar-refractivity contribution in [3.63, 3.8) is 0 Å². The van der Waals surface area contributed by atoms with Gasteiger partial charge in [-0.15, -0.1) is 0 Å². The van der Waals surface area contributed by atoms with Crippen LogP contribution in [0.25, 0.3) is 0 Å². The second-order valence-electron chi connectivity index (χ2n) is 6.48. The maximum atomic E-state index is 12.8. The van der Waals surface area contributed by atoms with E-state index in [-0.39, 0.29) is 18.4 Å². The van der Waals surface area contributed by atoms with Gasteiger partial charge in [-0.25, -0.2) is 4.79 Å². The van der Waals surface area contributed by atoms with Gasteiger partial charge < -0.3 is 14.5 Å². The lowest BCUT2D eigenvalue weighted by Crippen LogP contribution is -2.46. The minimum atomic E-state index is -0.887. The average molecular weight is 306 g/mol. The fourth-order valence-corrected chi connectivity index (χ4v) is 4.04. The number of amides is 1. The molecular weight excluding hydrogens is 284 g/mol. The van der Waals surface area contributed by atoms with Crippen molar-refractivity contribution in [3.8, 4) is 0 Å². The van der Waals surface area contributed by atoms with Crippen LogP contribution in [0.15, 0.2) is 4.52 Å². The molecule has 1 amide bonds. The minimum absolute atomic E-state index is 0.0859. The second-order valence-corrected chi connectivity index (χ2v) is 6.48. The van der Waals surface area contributed by atoms with E-state index in [1.807, 2.05) is 0 Å². The Morgan fingerprint density at radius 2 is 2.05 bits per heavy atom. The molecule has 2 fully saturated rings. The molecule has 0 spiro atoms. The van der Waals surface area contributed by atoms with E-state index in [1.165, 1.54) is 0 Å². The standard InChI is InChI=1S/C16H22N2O4/c1-9-12(10(2)22-17-9)8-15(19)18-13-6-4-3-5-11(13)7-14(18)16(20)21/h11,13-14H,3-8H2,1-2H3,(H,20,21)/t11-,13-,14+/m1/s1. The third kappa shape index (κ3) is 2.51. The zero-order valence-corrected chi connectivity index (χ0v) is 13.0. The van der Waals surface area contributed by atoms with E-state index in [4.69, 9.17) is 4.52 Å². The molecule has 1 saturated heterocycles. The molecule has 1 N–H and O–H groups in total. The van der Waals surface area contributed by atoms with E-state index in [9.17, 15) is 14.7 Å². The Kier molecular flexibility index (Phi) is 3.93. The van der Waals surface area contributed by atoms with Crippen LogP contribution in [-0.4, -0.2) is 39.1 Å². The highest BCUT2D eigenvalue weighted by atomic mass is 16.5. The lowest BCUT2D eigenvalue weighted by Gasteiger charge is -2.33. The number of hydrogen-bond acceptors (Lipinski definition) is 4. The molecule has 1 aliphatic carbocycles. The number of carboxylic acid groups (broad SMARTS) is 1. The number of carbonyl (C=O) groups excluding carboxylic acids is 1. The Hall–Kier alpha value is -1.85. The van der Waals surface area contributed by atoms with E-state index in [0.29, 0.717) is 23.8 Å². The van der Waals surface area contributed by atoms with Crippen LogP contribution in [0.5, 0.6) is 0 Å². The van der Waals surface area contributed by atoms with Gasteiger partial charge in [0.05, 0.1) is 12.1 Å². The highest BCUT2D eigenvalue weighted by Gasteiger charge is 2.47. The largest absolute Gasteiger partial charge is 0.480 e. The number of aromatic nitrogens is 1. The van der Waals surface area contributed by atoms with Crippen LogP contribution < -0.4 is 0 Å². The minimum Gasteiger partial charge on any atom is -0.480 e. The van der Waals surface area contributed by atoms with Crippen molar-refractivity contribution in [2.75, 3.05) is 0 Å². The van der Waals surface area contributed by atoms with Crippen molar-refractivity contribution in [1.82, 2.24) is 10.1 Å². The van der Waals surface area contributed by atoms with Gasteiger partial charge in [0.1, 0.15) is 11.8 Å². The molecule has 0 bridgehead atoms. The lowest BCUT2D eigenvalue weighted by molar-refractivity contribution is -0.149. The van der Waals surface area contributed by atoms with Crippen molar-refractivity contribution < 1.29 is 19.2 Å². The summed E-state index contributed by atoms with van der Waals surface area (Å²) < 4.78 is 5.10. The molecule has 22 heavy (non-hydrogen) atoms. The summed E-state index contributed by atoms with van der Waals surface area (Å²) in [6, 6.07) is -0.594. The van der Waals surface area contributed by atoms with Crippen LogP contribution in [0.2, 0.25) is 0 Å². The highest BCUT2D eigenvalue weighted by molar-refractivity contribution is 5.86. The van der Waals surface area contributed by atoms with Crippen molar-refractivity contribution in [1.29, 1.82) is 0 Å². The first-order chi connectivity index (χ1) is 10.5. The highest BCUT2D eigenvalue weighted by Crippen LogP contribution is 2.40. The fourth-order valence-electron chi connectivity index (χ4n) is 4.04. The molecule has 1 aromatic heterocycles. The van der Waals surface area contributed by atoms with Crippen molar-refractivity contribution in [2.24, 2.45) is 5.92 Å². The Morgan fingerprint density at radius 3 is 2.68 bits per heavy atom. The summed E-state index contributed by atoms with van der Waals surface area (Å²) in [6.07, 6.45) is 4.93. The molecule has 2 aliphatic rings. The molecule has 6 heteroatoms. The Bertz CT molecular complexity index is 575. The molecule has 2 heterocycles. The zero-order valence-electron chi connectivity index (χ0n) is 13.0. The van der Waals surface area contributed by atoms with Gasteiger partial charge in [0.15, 0.2) is 0 Å². The molecule has 0 unspecified atom stereocenters. The maximum absolute atomic E-state index is 12.8. The molecule has 3 atom stereocenters. The number of carbonyl (C=O) groups is 2. The predicted molar refractivity (Wildman–Crippen MR) is 78.3 cm³/mol. The number of nitrogens with zero attached hydrogens (tertiary/aromatic N) is 2. The number of likely N-dealkylation sites (tertiary alicyclic amines) is 1. The normalized spacial score (nSPS) is 27.7. The molecule has 0 radical (unpaired) electrons. The first kappa shape index (κ1) is 15.1. The van der Waals surface area contributed by atoms with Gasteiger partial charge in [0.25, 0.3) is 0 Å². The van der Waals surface area contributed by atoms with Crippen LogP contribution in [0, 0.1) is 19.8 Å². The van der Waals surface area contributed by atoms with Crippen LogP contribution in [0.1, 0.15) is 49.1 Å². The van der Waals surface area contributed by atoms with Gasteiger partial charge in [0.2, 0.25) is 5.91 Å². The molecule has 6 nitrogen and oxygen atoms in total. The van der Waals surface area contributed by atoms with Crippen molar-refractivity contribution in [2.45, 2.75) is 64.5 Å². The molecule has 120 valence electrons. The lowest BCUT2D eigenvalue weighted by atomic mass is 9.84. The second kappa shape index (κ2) is 5.74. The number of aryl methyl sites for hydroxylation is 2. The summed E-state index contributed by atoms with van der Waals surface area (Å²) in [5.74, 6) is -0.0294. The summed E-state index contributed by atoms with van der Waals surface area (Å²) in [6.45, 7) is 3.59.